The maximum Gasteiger partial charge on any atom is 0.416 e. The average Bonchev–Trinajstić information content (AvgIpc) is 2.99. The number of ether oxygens (including phenoxy) is 1. The predicted octanol–water partition coefficient (Wildman–Crippen LogP) is 2.17. The largest absolute Gasteiger partial charge is 0.492 e. The van der Waals surface area contributed by atoms with Crippen LogP contribution in [0.3, 0.4) is 0 Å². The lowest BCUT2D eigenvalue weighted by Gasteiger charge is -2.20. The highest BCUT2D eigenvalue weighted by Crippen LogP contribution is 2.30. The maximum atomic E-state index is 12.4. The van der Waals surface area contributed by atoms with Gasteiger partial charge in [0.05, 0.1) is 18.7 Å². The number of hydrogen-bond acceptors (Lipinski definition) is 4. The van der Waals surface area contributed by atoms with Gasteiger partial charge in [-0.2, -0.15) is 13.2 Å². The summed E-state index contributed by atoms with van der Waals surface area (Å²) in [4.78, 5) is 24.4. The molecule has 0 aromatic heterocycles. The molecule has 0 radical (unpaired) electrons. The number of hydrogen-bond donors (Lipinski definition) is 2. The molecule has 0 aliphatic carbocycles. The van der Waals surface area contributed by atoms with Gasteiger partial charge in [0.25, 0.3) is 0 Å². The molecule has 1 amide bonds. The van der Waals surface area contributed by atoms with Gasteiger partial charge in [0, 0.05) is 0 Å². The van der Waals surface area contributed by atoms with Crippen molar-refractivity contribution in [2.75, 3.05) is 26.2 Å². The lowest BCUT2D eigenvalue weighted by atomic mass is 10.2. The first-order valence-corrected chi connectivity index (χ1v) is 7.81. The molecule has 1 heterocycles. The van der Waals surface area contributed by atoms with Gasteiger partial charge in [-0.3, -0.25) is 14.5 Å². The van der Waals surface area contributed by atoms with Crippen molar-refractivity contribution in [1.29, 1.82) is 0 Å². The van der Waals surface area contributed by atoms with Crippen molar-refractivity contribution >= 4 is 24.3 Å². The van der Waals surface area contributed by atoms with Crippen LogP contribution in [0.4, 0.5) is 13.2 Å². The minimum atomic E-state index is -4.39. The van der Waals surface area contributed by atoms with E-state index in [2.05, 4.69) is 5.32 Å². The van der Waals surface area contributed by atoms with E-state index in [4.69, 9.17) is 9.84 Å². The molecule has 1 saturated heterocycles. The number of nitrogens with one attached hydrogen (secondary N) is 1. The highest BCUT2D eigenvalue weighted by Gasteiger charge is 2.31. The number of alkyl halides is 3. The number of carbonyl (C=O) groups excluding carboxylic acids is 1. The van der Waals surface area contributed by atoms with Gasteiger partial charge in [-0.1, -0.05) is 0 Å². The summed E-state index contributed by atoms with van der Waals surface area (Å²) in [7, 11) is 0. The topological polar surface area (TPSA) is 78.9 Å². The van der Waals surface area contributed by atoms with Crippen molar-refractivity contribution < 1.29 is 32.6 Å². The van der Waals surface area contributed by atoms with Crippen LogP contribution >= 0.6 is 12.4 Å². The molecule has 0 spiro atoms. The summed E-state index contributed by atoms with van der Waals surface area (Å²) in [5, 5.41) is 11.6. The van der Waals surface area contributed by atoms with E-state index in [9.17, 15) is 22.8 Å². The number of carboxylic acid groups (broad SMARTS) is 1. The van der Waals surface area contributed by atoms with Crippen LogP contribution in [0.25, 0.3) is 0 Å². The summed E-state index contributed by atoms with van der Waals surface area (Å²) in [6, 6.07) is 3.65. The number of rotatable bonds is 7. The van der Waals surface area contributed by atoms with Crippen molar-refractivity contribution in [2.24, 2.45) is 0 Å². The third-order valence-electron chi connectivity index (χ3n) is 3.87. The van der Waals surface area contributed by atoms with Crippen LogP contribution < -0.4 is 10.1 Å². The second kappa shape index (κ2) is 9.63. The van der Waals surface area contributed by atoms with Crippen molar-refractivity contribution in [1.82, 2.24) is 10.2 Å². The Labute approximate surface area is 154 Å². The second-order valence-corrected chi connectivity index (χ2v) is 5.69. The van der Waals surface area contributed by atoms with Gasteiger partial charge in [-0.15, -0.1) is 12.4 Å². The van der Waals surface area contributed by atoms with E-state index in [1.165, 1.54) is 12.1 Å². The van der Waals surface area contributed by atoms with Crippen molar-refractivity contribution in [2.45, 2.75) is 25.1 Å². The third kappa shape index (κ3) is 6.38. The molecule has 0 saturated carbocycles. The zero-order valence-corrected chi connectivity index (χ0v) is 14.6. The average molecular weight is 397 g/mol. The van der Waals surface area contributed by atoms with Crippen LogP contribution in [0.2, 0.25) is 0 Å². The van der Waals surface area contributed by atoms with Crippen LogP contribution in [0, 0.1) is 0 Å². The van der Waals surface area contributed by atoms with Gasteiger partial charge in [-0.05, 0) is 43.7 Å². The first-order chi connectivity index (χ1) is 11.8. The van der Waals surface area contributed by atoms with Gasteiger partial charge < -0.3 is 15.2 Å². The van der Waals surface area contributed by atoms with Gasteiger partial charge in [0.2, 0.25) is 5.91 Å². The zero-order chi connectivity index (χ0) is 18.4. The summed E-state index contributed by atoms with van der Waals surface area (Å²) in [6.07, 6.45) is -3.13. The fourth-order valence-corrected chi connectivity index (χ4v) is 2.63. The molecule has 1 aliphatic heterocycles. The smallest absolute Gasteiger partial charge is 0.416 e. The molecule has 1 aromatic carbocycles. The number of carbonyl (C=O) groups is 2. The Morgan fingerprint density at radius 2 is 1.92 bits per heavy atom. The molecule has 146 valence electrons. The van der Waals surface area contributed by atoms with E-state index in [0.717, 1.165) is 18.6 Å². The van der Waals surface area contributed by atoms with E-state index in [0.29, 0.717) is 13.0 Å². The second-order valence-electron chi connectivity index (χ2n) is 5.69. The number of carboxylic acids is 1. The molecule has 2 rings (SSSR count). The third-order valence-corrected chi connectivity index (χ3v) is 3.87. The highest BCUT2D eigenvalue weighted by molar-refractivity contribution is 5.85. The number of benzene rings is 1. The van der Waals surface area contributed by atoms with Crippen molar-refractivity contribution in [3.05, 3.63) is 29.8 Å². The summed E-state index contributed by atoms with van der Waals surface area (Å²) in [5.74, 6) is -0.979. The lowest BCUT2D eigenvalue weighted by molar-refractivity contribution is -0.142. The Kier molecular flexibility index (Phi) is 8.16. The summed E-state index contributed by atoms with van der Waals surface area (Å²) >= 11 is 0. The summed E-state index contributed by atoms with van der Waals surface area (Å²) in [5.41, 5.74) is -0.758. The number of nitrogens with zero attached hydrogens (tertiary/aromatic N) is 1. The first kappa shape index (κ1) is 22.0. The molecule has 1 atom stereocenters. The fraction of sp³-hybridized carbons (Fsp3) is 0.500. The predicted molar refractivity (Wildman–Crippen MR) is 89.4 cm³/mol. The van der Waals surface area contributed by atoms with Crippen LogP contribution in [-0.4, -0.2) is 54.2 Å². The Morgan fingerprint density at radius 1 is 1.27 bits per heavy atom. The highest BCUT2D eigenvalue weighted by atomic mass is 35.5. The number of amides is 1. The Bertz CT molecular complexity index is 611. The van der Waals surface area contributed by atoms with Crippen LogP contribution in [0.1, 0.15) is 18.4 Å². The Hall–Kier alpha value is -2.00. The molecular formula is C16H20ClF3N2O4. The van der Waals surface area contributed by atoms with Crippen LogP contribution in [0.5, 0.6) is 5.75 Å². The van der Waals surface area contributed by atoms with E-state index in [1.54, 1.807) is 4.90 Å². The van der Waals surface area contributed by atoms with E-state index < -0.39 is 23.8 Å². The Morgan fingerprint density at radius 3 is 2.50 bits per heavy atom. The van der Waals surface area contributed by atoms with Gasteiger partial charge in [-0.25, -0.2) is 0 Å². The molecule has 1 fully saturated rings. The van der Waals surface area contributed by atoms with E-state index in [1.807, 2.05) is 0 Å². The number of likely N-dealkylation sites (tertiary alicyclic amines) is 1. The van der Waals surface area contributed by atoms with Gasteiger partial charge >= 0.3 is 12.1 Å². The van der Waals surface area contributed by atoms with Crippen LogP contribution in [0.15, 0.2) is 24.3 Å². The van der Waals surface area contributed by atoms with Crippen LogP contribution in [-0.2, 0) is 15.8 Å². The van der Waals surface area contributed by atoms with Crippen molar-refractivity contribution in [3.63, 3.8) is 0 Å². The zero-order valence-electron chi connectivity index (χ0n) is 13.8. The van der Waals surface area contributed by atoms with E-state index >= 15 is 0 Å². The summed E-state index contributed by atoms with van der Waals surface area (Å²) in [6.45, 7) is 0.828. The molecule has 10 heteroatoms. The molecule has 1 unspecified atom stereocenters. The monoisotopic (exact) mass is 396 g/mol. The standard InChI is InChI=1S/C16H19F3N2O4.ClH/c17-16(18,19)11-3-5-12(6-4-11)25-9-7-20-14(22)10-21-8-1-2-13(21)15(23)24;/h3-6,13H,1-2,7-10H2,(H,20,22)(H,23,24);1H. The summed E-state index contributed by atoms with van der Waals surface area (Å²) < 4.78 is 42.6. The first-order valence-electron chi connectivity index (χ1n) is 7.81. The quantitative estimate of drug-likeness (QED) is 0.691. The van der Waals surface area contributed by atoms with E-state index in [-0.39, 0.29) is 43.8 Å². The number of aliphatic carboxylic acids is 1. The van der Waals surface area contributed by atoms with Crippen molar-refractivity contribution in [3.8, 4) is 5.75 Å². The SMILES string of the molecule is Cl.O=C(CN1CCCC1C(=O)O)NCCOc1ccc(C(F)(F)F)cc1. The molecule has 1 aromatic rings. The Balaban J connectivity index is 0.00000338. The van der Waals surface area contributed by atoms with Gasteiger partial charge in [0.1, 0.15) is 18.4 Å². The maximum absolute atomic E-state index is 12.4. The lowest BCUT2D eigenvalue weighted by Crippen LogP contribution is -2.43. The molecule has 1 aliphatic rings. The minimum Gasteiger partial charge on any atom is -0.492 e. The molecule has 2 N–H and O–H groups in total. The normalized spacial score (nSPS) is 17.4. The minimum absolute atomic E-state index is 0. The van der Waals surface area contributed by atoms with Gasteiger partial charge in [0.15, 0.2) is 0 Å². The number of halogens is 4. The molecule has 6 nitrogen and oxygen atoms in total. The fourth-order valence-electron chi connectivity index (χ4n) is 2.63. The molecule has 26 heavy (non-hydrogen) atoms. The molecule has 0 bridgehead atoms. The molecular weight excluding hydrogens is 377 g/mol.